The zero-order valence-electron chi connectivity index (χ0n) is 17.8. The number of rotatable bonds is 11. The number of thioether (sulfide) groups is 1. The summed E-state index contributed by atoms with van der Waals surface area (Å²) in [7, 11) is -5.45. The minimum atomic E-state index is -3.51. The van der Waals surface area contributed by atoms with Crippen LogP contribution in [0.3, 0.4) is 0 Å². The summed E-state index contributed by atoms with van der Waals surface area (Å²) < 4.78 is 34.9. The van der Waals surface area contributed by atoms with E-state index in [1.54, 1.807) is 0 Å². The molecule has 0 N–H and O–H groups in total. The van der Waals surface area contributed by atoms with Crippen molar-refractivity contribution in [2.75, 3.05) is 18.6 Å². The Labute approximate surface area is 171 Å². The van der Waals surface area contributed by atoms with Crippen molar-refractivity contribution in [1.29, 1.82) is 0 Å². The van der Waals surface area contributed by atoms with E-state index in [-0.39, 0.29) is 5.04 Å². The van der Waals surface area contributed by atoms with Crippen LogP contribution in [0.25, 0.3) is 0 Å². The van der Waals surface area contributed by atoms with Gasteiger partial charge in [0.15, 0.2) is 8.32 Å². The number of hydrogen-bond donors (Lipinski definition) is 0. The average molecular weight is 433 g/mol. The monoisotopic (exact) mass is 432 g/mol. The minimum Gasteiger partial charge on any atom is -0.414 e. The van der Waals surface area contributed by atoms with Gasteiger partial charge >= 0.3 is 0 Å². The Kier molecular flexibility index (Phi) is 9.55. The molecule has 1 aromatic rings. The van der Waals surface area contributed by atoms with Crippen LogP contribution in [0, 0.1) is 5.92 Å². The van der Waals surface area contributed by atoms with E-state index in [2.05, 4.69) is 52.9 Å². The predicted octanol–water partition coefficient (Wildman–Crippen LogP) is 5.56. The predicted molar refractivity (Wildman–Crippen MR) is 118 cm³/mol. The van der Waals surface area contributed by atoms with E-state index in [0.717, 1.165) is 18.4 Å². The summed E-state index contributed by atoms with van der Waals surface area (Å²) in [6.45, 7) is 13.4. The molecule has 0 aromatic heterocycles. The average Bonchev–Trinajstić information content (AvgIpc) is 2.51. The Morgan fingerprint density at radius 3 is 2.26 bits per heavy atom. The molecule has 2 atom stereocenters. The van der Waals surface area contributed by atoms with Gasteiger partial charge in [0, 0.05) is 4.90 Å². The van der Waals surface area contributed by atoms with Crippen LogP contribution < -0.4 is 0 Å². The van der Waals surface area contributed by atoms with E-state index in [1.807, 2.05) is 30.0 Å². The van der Waals surface area contributed by atoms with Crippen LogP contribution >= 0.6 is 11.8 Å². The maximum Gasteiger partial charge on any atom is 0.264 e. The molecule has 0 bridgehead atoms. The summed E-state index contributed by atoms with van der Waals surface area (Å²) in [4.78, 5) is 1.26. The summed E-state index contributed by atoms with van der Waals surface area (Å²) in [5, 5.41) is 0.0839. The summed E-state index contributed by atoms with van der Waals surface area (Å²) in [5.41, 5.74) is 0. The molecule has 4 nitrogen and oxygen atoms in total. The third-order valence-corrected chi connectivity index (χ3v) is 11.2. The summed E-state index contributed by atoms with van der Waals surface area (Å²) in [6.07, 6.45) is 2.37. The van der Waals surface area contributed by atoms with Crippen LogP contribution in [0.1, 0.15) is 40.5 Å². The van der Waals surface area contributed by atoms with Gasteiger partial charge < -0.3 is 4.43 Å². The highest BCUT2D eigenvalue weighted by atomic mass is 32.2. The van der Waals surface area contributed by atoms with E-state index in [4.69, 9.17) is 8.61 Å². The lowest BCUT2D eigenvalue weighted by molar-refractivity contribution is 0.106. The van der Waals surface area contributed by atoms with Crippen LogP contribution in [0.5, 0.6) is 0 Å². The van der Waals surface area contributed by atoms with Crippen molar-refractivity contribution in [3.63, 3.8) is 0 Å². The third kappa shape index (κ3) is 10.1. The van der Waals surface area contributed by atoms with Crippen molar-refractivity contribution in [1.82, 2.24) is 0 Å². The molecule has 7 heteroatoms. The molecule has 0 radical (unpaired) electrons. The quantitative estimate of drug-likeness (QED) is 0.260. The largest absolute Gasteiger partial charge is 0.414 e. The van der Waals surface area contributed by atoms with Gasteiger partial charge in [-0.1, -0.05) is 45.9 Å². The molecule has 0 saturated carbocycles. The number of benzene rings is 1. The fraction of sp³-hybridized carbons (Fsp3) is 0.700. The lowest BCUT2D eigenvalue weighted by Gasteiger charge is -2.37. The lowest BCUT2D eigenvalue weighted by atomic mass is 10.0. The van der Waals surface area contributed by atoms with Gasteiger partial charge in [-0.05, 0) is 54.8 Å². The van der Waals surface area contributed by atoms with E-state index >= 15 is 0 Å². The molecule has 0 fully saturated rings. The van der Waals surface area contributed by atoms with Gasteiger partial charge in [0.2, 0.25) is 0 Å². The first-order chi connectivity index (χ1) is 12.3. The Bertz CT molecular complexity index is 654. The van der Waals surface area contributed by atoms with Crippen molar-refractivity contribution in [2.45, 2.75) is 69.7 Å². The van der Waals surface area contributed by atoms with Gasteiger partial charge in [0.25, 0.3) is 10.1 Å². The van der Waals surface area contributed by atoms with E-state index in [1.165, 1.54) is 4.90 Å². The van der Waals surface area contributed by atoms with Gasteiger partial charge in [-0.25, -0.2) is 0 Å². The van der Waals surface area contributed by atoms with E-state index in [9.17, 15) is 8.42 Å². The van der Waals surface area contributed by atoms with Crippen LogP contribution in [0.4, 0.5) is 0 Å². The molecule has 1 rings (SSSR count). The second-order valence-corrected chi connectivity index (χ2v) is 16.4. The van der Waals surface area contributed by atoms with Gasteiger partial charge in [-0.3, -0.25) is 4.18 Å². The zero-order valence-corrected chi connectivity index (χ0v) is 20.5. The summed E-state index contributed by atoms with van der Waals surface area (Å²) in [6, 6.07) is 10.3. The highest BCUT2D eigenvalue weighted by molar-refractivity contribution is 7.99. The number of hydrogen-bond acceptors (Lipinski definition) is 5. The SMILES string of the molecule is C[C@@H](CCSc1ccccc1)C[C@@H](CO[Si](C)(C)C(C)(C)C)OS(C)(=O)=O. The van der Waals surface area contributed by atoms with Crippen molar-refractivity contribution in [3.8, 4) is 0 Å². The summed E-state index contributed by atoms with van der Waals surface area (Å²) >= 11 is 1.83. The second kappa shape index (κ2) is 10.4. The van der Waals surface area contributed by atoms with Gasteiger partial charge in [-0.2, -0.15) is 8.42 Å². The molecular weight excluding hydrogens is 396 g/mol. The van der Waals surface area contributed by atoms with Crippen LogP contribution in [-0.4, -0.2) is 41.5 Å². The Hall–Kier alpha value is -0.343. The highest BCUT2D eigenvalue weighted by Crippen LogP contribution is 2.37. The normalized spacial score (nSPS) is 15.5. The molecule has 0 aliphatic rings. The fourth-order valence-corrected chi connectivity index (χ4v) is 5.13. The van der Waals surface area contributed by atoms with Crippen LogP contribution in [0.15, 0.2) is 35.2 Å². The molecule has 0 amide bonds. The molecule has 156 valence electrons. The van der Waals surface area contributed by atoms with Gasteiger partial charge in [-0.15, -0.1) is 11.8 Å². The van der Waals surface area contributed by atoms with Crippen molar-refractivity contribution < 1.29 is 17.0 Å². The van der Waals surface area contributed by atoms with Crippen molar-refractivity contribution in [2.24, 2.45) is 5.92 Å². The molecule has 0 heterocycles. The standard InChI is InChI=1S/C20H36O4S2Si/c1-17(13-14-25-19-11-9-8-10-12-19)15-18(24-26(5,21)22)16-23-27(6,7)20(2,3)4/h8-12,17-18H,13-16H2,1-7H3/t17-,18-/m0/s1. The van der Waals surface area contributed by atoms with E-state index < -0.39 is 24.5 Å². The first kappa shape index (κ1) is 24.7. The van der Waals surface area contributed by atoms with Crippen molar-refractivity contribution in [3.05, 3.63) is 30.3 Å². The highest BCUT2D eigenvalue weighted by Gasteiger charge is 2.38. The molecule has 0 aliphatic carbocycles. The fourth-order valence-electron chi connectivity index (χ4n) is 2.36. The maximum atomic E-state index is 11.7. The van der Waals surface area contributed by atoms with Crippen LogP contribution in [-0.2, 0) is 18.7 Å². The van der Waals surface area contributed by atoms with Gasteiger partial charge in [0.05, 0.1) is 19.0 Å². The Balaban J connectivity index is 2.57. The van der Waals surface area contributed by atoms with Crippen molar-refractivity contribution >= 4 is 30.2 Å². The zero-order chi connectivity index (χ0) is 20.7. The minimum absolute atomic E-state index is 0.0839. The van der Waals surface area contributed by atoms with Gasteiger partial charge in [0.1, 0.15) is 0 Å². The Morgan fingerprint density at radius 2 is 1.74 bits per heavy atom. The summed E-state index contributed by atoms with van der Waals surface area (Å²) in [5.74, 6) is 1.36. The van der Waals surface area contributed by atoms with E-state index in [0.29, 0.717) is 18.9 Å². The topological polar surface area (TPSA) is 52.6 Å². The molecule has 0 saturated heterocycles. The van der Waals surface area contributed by atoms with Crippen LogP contribution in [0.2, 0.25) is 18.1 Å². The molecule has 27 heavy (non-hydrogen) atoms. The molecule has 0 aliphatic heterocycles. The lowest BCUT2D eigenvalue weighted by Crippen LogP contribution is -2.43. The molecular formula is C20H36O4S2Si. The Morgan fingerprint density at radius 1 is 1.15 bits per heavy atom. The first-order valence-corrected chi connectivity index (χ1v) is 15.2. The third-order valence-electron chi connectivity index (χ3n) is 5.03. The maximum absolute atomic E-state index is 11.7. The second-order valence-electron chi connectivity index (χ2n) is 8.78. The smallest absolute Gasteiger partial charge is 0.264 e. The molecule has 0 unspecified atom stereocenters. The first-order valence-electron chi connectivity index (χ1n) is 9.50. The molecule has 0 spiro atoms. The molecule has 1 aromatic carbocycles.